The lowest BCUT2D eigenvalue weighted by Crippen LogP contribution is -2.32. The molecule has 0 saturated heterocycles. The number of benzene rings is 2. The topological polar surface area (TPSA) is 101 Å². The van der Waals surface area contributed by atoms with Crippen molar-refractivity contribution in [2.24, 2.45) is 5.73 Å². The number of nitrogens with two attached hydrogens (primary N) is 1. The van der Waals surface area contributed by atoms with Gasteiger partial charge < -0.3 is 11.1 Å². The maximum atomic E-state index is 14.3. The molecule has 0 radical (unpaired) electrons. The number of carbonyl (C=O) groups excluding carboxylic acids is 2. The maximum absolute atomic E-state index is 14.3. The van der Waals surface area contributed by atoms with E-state index >= 15 is 0 Å². The Labute approximate surface area is 165 Å². The Morgan fingerprint density at radius 3 is 2.75 bits per heavy atom. The van der Waals surface area contributed by atoms with Crippen molar-refractivity contribution < 1.29 is 14.0 Å². The third kappa shape index (κ3) is 4.37. The molecule has 0 spiro atoms. The number of aryl methyl sites for hydroxylation is 1. The minimum absolute atomic E-state index is 0.113. The number of hydrogen-bond donors (Lipinski definition) is 3. The maximum Gasteiger partial charge on any atom is 0.255 e. The van der Waals surface area contributed by atoms with E-state index in [1.165, 1.54) is 12.3 Å². The Morgan fingerprint density at radius 1 is 1.29 bits per heavy atom. The number of amides is 2. The zero-order valence-electron chi connectivity index (χ0n) is 15.0. The Morgan fingerprint density at radius 2 is 2.07 bits per heavy atom. The van der Waals surface area contributed by atoms with E-state index in [4.69, 9.17) is 17.3 Å². The van der Waals surface area contributed by atoms with Gasteiger partial charge in [-0.1, -0.05) is 29.8 Å². The van der Waals surface area contributed by atoms with Gasteiger partial charge in [0.25, 0.3) is 5.91 Å². The third-order valence-electron chi connectivity index (χ3n) is 4.24. The molecule has 28 heavy (non-hydrogen) atoms. The summed E-state index contributed by atoms with van der Waals surface area (Å²) in [5, 5.41) is 9.75. The summed E-state index contributed by atoms with van der Waals surface area (Å²) in [7, 11) is 0. The van der Waals surface area contributed by atoms with Crippen LogP contribution in [0.4, 0.5) is 4.39 Å². The van der Waals surface area contributed by atoms with Gasteiger partial charge in [0.15, 0.2) is 0 Å². The van der Waals surface area contributed by atoms with Crippen molar-refractivity contribution in [3.8, 4) is 11.3 Å². The van der Waals surface area contributed by atoms with E-state index in [0.29, 0.717) is 10.6 Å². The van der Waals surface area contributed by atoms with E-state index in [1.54, 1.807) is 43.3 Å². The third-order valence-corrected chi connectivity index (χ3v) is 4.47. The van der Waals surface area contributed by atoms with Gasteiger partial charge >= 0.3 is 0 Å². The highest BCUT2D eigenvalue weighted by molar-refractivity contribution is 6.30. The van der Waals surface area contributed by atoms with E-state index in [-0.39, 0.29) is 23.2 Å². The van der Waals surface area contributed by atoms with E-state index in [0.717, 1.165) is 5.56 Å². The number of carbonyl (C=O) groups is 2. The van der Waals surface area contributed by atoms with Crippen LogP contribution in [0.2, 0.25) is 5.02 Å². The predicted octanol–water partition coefficient (Wildman–Crippen LogP) is 3.52. The minimum atomic E-state index is -0.686. The fraction of sp³-hybridized carbons (Fsp3) is 0.150. The fourth-order valence-electron chi connectivity index (χ4n) is 2.90. The summed E-state index contributed by atoms with van der Waals surface area (Å²) in [4.78, 5) is 24.3. The fourth-order valence-corrected chi connectivity index (χ4v) is 3.10. The van der Waals surface area contributed by atoms with E-state index < -0.39 is 23.7 Å². The number of hydrogen-bond acceptors (Lipinski definition) is 3. The van der Waals surface area contributed by atoms with Gasteiger partial charge in [0, 0.05) is 10.6 Å². The SMILES string of the molecule is Cc1ccc(-c2[nH]ncc2C(=O)NC(CC(N)=O)c2cccc(Cl)c2)c(F)c1. The largest absolute Gasteiger partial charge is 0.370 e. The first kappa shape index (κ1) is 19.6. The standard InChI is InChI=1S/C20H18ClFN4O2/c1-11-5-6-14(16(22)7-11)19-15(10-24-26-19)20(28)25-17(9-18(23)27)12-3-2-4-13(21)8-12/h2-8,10,17H,9H2,1H3,(H2,23,27)(H,24,26)(H,25,28). The second-order valence-electron chi connectivity index (χ2n) is 6.39. The molecule has 1 heterocycles. The molecule has 1 aromatic heterocycles. The number of aromatic nitrogens is 2. The van der Waals surface area contributed by atoms with Gasteiger partial charge in [-0.25, -0.2) is 4.39 Å². The molecule has 144 valence electrons. The molecular weight excluding hydrogens is 383 g/mol. The number of primary amides is 1. The summed E-state index contributed by atoms with van der Waals surface area (Å²) in [5.74, 6) is -1.57. The highest BCUT2D eigenvalue weighted by Gasteiger charge is 2.22. The summed E-state index contributed by atoms with van der Waals surface area (Å²) in [6, 6.07) is 10.8. The van der Waals surface area contributed by atoms with Crippen LogP contribution >= 0.6 is 11.6 Å². The quantitative estimate of drug-likeness (QED) is 0.590. The van der Waals surface area contributed by atoms with Crippen molar-refractivity contribution >= 4 is 23.4 Å². The lowest BCUT2D eigenvalue weighted by atomic mass is 10.0. The first-order chi connectivity index (χ1) is 13.3. The lowest BCUT2D eigenvalue weighted by molar-refractivity contribution is -0.118. The number of nitrogens with zero attached hydrogens (tertiary/aromatic N) is 1. The average molecular weight is 401 g/mol. The normalized spacial score (nSPS) is 11.8. The molecule has 4 N–H and O–H groups in total. The second kappa shape index (κ2) is 8.22. The molecule has 0 fully saturated rings. The minimum Gasteiger partial charge on any atom is -0.370 e. The van der Waals surface area contributed by atoms with Crippen LogP contribution in [0, 0.1) is 12.7 Å². The number of H-pyrrole nitrogens is 1. The average Bonchev–Trinajstić information content (AvgIpc) is 3.10. The molecule has 3 aromatic rings. The number of nitrogens with one attached hydrogen (secondary N) is 2. The van der Waals surface area contributed by atoms with Crippen LogP contribution in [0.1, 0.15) is 33.9 Å². The molecule has 1 unspecified atom stereocenters. The lowest BCUT2D eigenvalue weighted by Gasteiger charge is -2.18. The van der Waals surface area contributed by atoms with Gasteiger partial charge in [0.05, 0.1) is 29.9 Å². The molecule has 0 aliphatic carbocycles. The van der Waals surface area contributed by atoms with Crippen molar-refractivity contribution in [2.45, 2.75) is 19.4 Å². The predicted molar refractivity (Wildman–Crippen MR) is 104 cm³/mol. The molecule has 2 amide bonds. The Hall–Kier alpha value is -3.19. The summed E-state index contributed by atoms with van der Waals surface area (Å²) < 4.78 is 14.3. The van der Waals surface area contributed by atoms with Gasteiger partial charge in [-0.05, 0) is 42.3 Å². The molecule has 2 aromatic carbocycles. The monoisotopic (exact) mass is 400 g/mol. The van der Waals surface area contributed by atoms with Crippen molar-refractivity contribution in [2.75, 3.05) is 0 Å². The van der Waals surface area contributed by atoms with Crippen LogP contribution < -0.4 is 11.1 Å². The smallest absolute Gasteiger partial charge is 0.255 e. The van der Waals surface area contributed by atoms with Crippen LogP contribution in [-0.2, 0) is 4.79 Å². The first-order valence-electron chi connectivity index (χ1n) is 8.49. The number of aromatic amines is 1. The molecule has 0 saturated carbocycles. The van der Waals surface area contributed by atoms with Gasteiger partial charge in [-0.3, -0.25) is 14.7 Å². The molecule has 0 bridgehead atoms. The molecule has 0 aliphatic heterocycles. The molecule has 1 atom stereocenters. The Bertz CT molecular complexity index is 1030. The summed E-state index contributed by atoms with van der Waals surface area (Å²) in [6.45, 7) is 1.77. The van der Waals surface area contributed by atoms with Gasteiger partial charge in [-0.2, -0.15) is 5.10 Å². The van der Waals surface area contributed by atoms with Crippen LogP contribution in [0.5, 0.6) is 0 Å². The van der Waals surface area contributed by atoms with E-state index in [9.17, 15) is 14.0 Å². The van der Waals surface area contributed by atoms with Crippen LogP contribution in [-0.4, -0.2) is 22.0 Å². The van der Waals surface area contributed by atoms with Crippen molar-refractivity contribution in [3.05, 3.63) is 76.2 Å². The van der Waals surface area contributed by atoms with Crippen LogP contribution in [0.15, 0.2) is 48.7 Å². The van der Waals surface area contributed by atoms with Crippen LogP contribution in [0.25, 0.3) is 11.3 Å². The molecule has 3 rings (SSSR count). The van der Waals surface area contributed by atoms with Gasteiger partial charge in [-0.15, -0.1) is 0 Å². The Kier molecular flexibility index (Phi) is 5.75. The summed E-state index contributed by atoms with van der Waals surface area (Å²) >= 11 is 6.01. The highest BCUT2D eigenvalue weighted by Crippen LogP contribution is 2.26. The molecule has 6 nitrogen and oxygen atoms in total. The first-order valence-corrected chi connectivity index (χ1v) is 8.87. The zero-order chi connectivity index (χ0) is 20.3. The summed E-state index contributed by atoms with van der Waals surface area (Å²) in [5.41, 5.74) is 7.34. The molecule has 8 heteroatoms. The van der Waals surface area contributed by atoms with E-state index in [2.05, 4.69) is 15.5 Å². The van der Waals surface area contributed by atoms with Gasteiger partial charge in [0.2, 0.25) is 5.91 Å². The zero-order valence-corrected chi connectivity index (χ0v) is 15.8. The van der Waals surface area contributed by atoms with Crippen LogP contribution in [0.3, 0.4) is 0 Å². The van der Waals surface area contributed by atoms with Crippen molar-refractivity contribution in [3.63, 3.8) is 0 Å². The number of rotatable bonds is 6. The highest BCUT2D eigenvalue weighted by atomic mass is 35.5. The second-order valence-corrected chi connectivity index (χ2v) is 6.83. The molecular formula is C20H18ClFN4O2. The van der Waals surface area contributed by atoms with Crippen molar-refractivity contribution in [1.29, 1.82) is 0 Å². The Balaban J connectivity index is 1.91. The van der Waals surface area contributed by atoms with E-state index in [1.807, 2.05) is 0 Å². The summed E-state index contributed by atoms with van der Waals surface area (Å²) in [6.07, 6.45) is 1.20. The molecule has 0 aliphatic rings. The van der Waals surface area contributed by atoms with Gasteiger partial charge in [0.1, 0.15) is 5.82 Å². The van der Waals surface area contributed by atoms with Crippen molar-refractivity contribution in [1.82, 2.24) is 15.5 Å². The number of halogens is 2.